The Morgan fingerprint density at radius 2 is 1.82 bits per heavy atom. The van der Waals surface area contributed by atoms with E-state index in [1.54, 1.807) is 20.8 Å². The number of carbonyl (C=O) groups is 1. The Bertz CT molecular complexity index is 254. The Hall–Kier alpha value is -0.510. The van der Waals surface area contributed by atoms with Crippen LogP contribution in [-0.2, 0) is 4.79 Å². The summed E-state index contributed by atoms with van der Waals surface area (Å²) in [6, 6.07) is 0. The number of aliphatic hydroxyl groups is 1. The summed E-state index contributed by atoms with van der Waals surface area (Å²) in [6.45, 7) is 8.96. The van der Waals surface area contributed by atoms with Gasteiger partial charge in [0, 0.05) is 24.7 Å². The first-order valence-electron chi connectivity index (χ1n) is 6.30. The number of rotatable bonds is 4. The summed E-state index contributed by atoms with van der Waals surface area (Å²) >= 11 is 0. The largest absolute Gasteiger partial charge is 0.392 e. The zero-order valence-electron chi connectivity index (χ0n) is 11.4. The summed E-state index contributed by atoms with van der Waals surface area (Å²) in [7, 11) is 0. The number of alkyl halides is 2. The van der Waals surface area contributed by atoms with Gasteiger partial charge in [-0.25, -0.2) is 8.78 Å². The van der Waals surface area contributed by atoms with Crippen molar-refractivity contribution < 1.29 is 18.7 Å². The molecule has 0 bridgehead atoms. The third kappa shape index (κ3) is 3.73. The molecule has 1 N–H and O–H groups in total. The van der Waals surface area contributed by atoms with Crippen molar-refractivity contribution in [2.45, 2.75) is 65.9 Å². The second-order valence-electron chi connectivity index (χ2n) is 4.97. The van der Waals surface area contributed by atoms with Crippen LogP contribution >= 0.6 is 0 Å². The molecule has 1 unspecified atom stereocenters. The van der Waals surface area contributed by atoms with Crippen LogP contribution in [0.15, 0.2) is 0 Å². The first-order valence-corrected chi connectivity index (χ1v) is 6.30. The maximum Gasteiger partial charge on any atom is 0.248 e. The lowest BCUT2D eigenvalue weighted by Gasteiger charge is -2.43. The number of aliphatic hydroxyl groups excluding tert-OH is 1. The van der Waals surface area contributed by atoms with Crippen molar-refractivity contribution >= 4 is 5.78 Å². The molecule has 0 aromatic rings. The van der Waals surface area contributed by atoms with Crippen LogP contribution in [0.25, 0.3) is 0 Å². The number of hydrogen-bond donors (Lipinski definition) is 1. The van der Waals surface area contributed by atoms with Gasteiger partial charge in [0.15, 0.2) is 0 Å². The Morgan fingerprint density at radius 3 is 2.12 bits per heavy atom. The number of carbonyl (C=O) groups excluding carboxylic acids is 1. The average molecular weight is 250 g/mol. The maximum absolute atomic E-state index is 12.6. The molecule has 0 aliphatic heterocycles. The lowest BCUT2D eigenvalue weighted by atomic mass is 9.67. The van der Waals surface area contributed by atoms with Gasteiger partial charge in [-0.1, -0.05) is 34.6 Å². The summed E-state index contributed by atoms with van der Waals surface area (Å²) in [5.74, 6) is -3.16. The predicted molar refractivity (Wildman–Crippen MR) is 64.1 cm³/mol. The highest BCUT2D eigenvalue weighted by Crippen LogP contribution is 2.47. The predicted octanol–water partition coefficient (Wildman–Crippen LogP) is 3.42. The van der Waals surface area contributed by atoms with Gasteiger partial charge in [-0.05, 0) is 5.92 Å². The molecule has 0 heterocycles. The van der Waals surface area contributed by atoms with E-state index in [9.17, 15) is 18.7 Å². The summed E-state index contributed by atoms with van der Waals surface area (Å²) in [6.07, 6.45) is -1.22. The molecule has 17 heavy (non-hydrogen) atoms. The third-order valence-electron chi connectivity index (χ3n) is 3.35. The molecule has 0 radical (unpaired) electrons. The minimum Gasteiger partial charge on any atom is -0.392 e. The highest BCUT2D eigenvalue weighted by molar-refractivity contribution is 5.84. The quantitative estimate of drug-likeness (QED) is 0.830. The van der Waals surface area contributed by atoms with E-state index in [2.05, 4.69) is 0 Å². The van der Waals surface area contributed by atoms with Crippen LogP contribution in [0.5, 0.6) is 0 Å². The highest BCUT2D eigenvalue weighted by Gasteiger charge is 2.52. The van der Waals surface area contributed by atoms with E-state index in [-0.39, 0.29) is 18.6 Å². The van der Waals surface area contributed by atoms with Gasteiger partial charge in [-0.2, -0.15) is 0 Å². The van der Waals surface area contributed by atoms with Crippen molar-refractivity contribution in [3.05, 3.63) is 0 Å². The zero-order valence-corrected chi connectivity index (χ0v) is 11.4. The van der Waals surface area contributed by atoms with Crippen molar-refractivity contribution in [3.8, 4) is 0 Å². The fourth-order valence-electron chi connectivity index (χ4n) is 2.14. The van der Waals surface area contributed by atoms with Crippen LogP contribution in [0.2, 0.25) is 0 Å². The molecule has 0 aromatic carbocycles. The van der Waals surface area contributed by atoms with Crippen molar-refractivity contribution in [3.63, 3.8) is 0 Å². The van der Waals surface area contributed by atoms with Crippen LogP contribution in [-0.4, -0.2) is 22.9 Å². The molecule has 1 fully saturated rings. The highest BCUT2D eigenvalue weighted by atomic mass is 19.3. The van der Waals surface area contributed by atoms with Crippen molar-refractivity contribution in [1.29, 1.82) is 0 Å². The SMILES string of the molecule is CC.CCC(=O)C(C)(C)C(O)C1CC(F)(F)C1. The molecule has 4 heteroatoms. The zero-order chi connectivity index (χ0) is 13.9. The first kappa shape index (κ1) is 16.5. The Labute approximate surface area is 102 Å². The summed E-state index contributed by atoms with van der Waals surface area (Å²) < 4.78 is 25.2. The van der Waals surface area contributed by atoms with Gasteiger partial charge in [0.05, 0.1) is 6.10 Å². The smallest absolute Gasteiger partial charge is 0.248 e. The van der Waals surface area contributed by atoms with E-state index >= 15 is 0 Å². The molecule has 1 aliphatic carbocycles. The normalized spacial score (nSPS) is 20.9. The van der Waals surface area contributed by atoms with Gasteiger partial charge in [0.1, 0.15) is 5.78 Å². The van der Waals surface area contributed by atoms with E-state index < -0.39 is 23.4 Å². The number of Topliss-reactive ketones (excluding diaryl/α,β-unsaturated/α-hetero) is 1. The summed E-state index contributed by atoms with van der Waals surface area (Å²) in [5.41, 5.74) is -0.907. The standard InChI is InChI=1S/C11H18F2O2.C2H6/c1-4-8(14)10(2,3)9(15)7-5-11(12,13)6-7;1-2/h7,9,15H,4-6H2,1-3H3;1-2H3. The van der Waals surface area contributed by atoms with Gasteiger partial charge in [-0.3, -0.25) is 4.79 Å². The average Bonchev–Trinajstić information content (AvgIpc) is 2.26. The Kier molecular flexibility index (Phi) is 5.72. The van der Waals surface area contributed by atoms with Gasteiger partial charge >= 0.3 is 0 Å². The van der Waals surface area contributed by atoms with Gasteiger partial charge in [0.25, 0.3) is 0 Å². The van der Waals surface area contributed by atoms with E-state index in [4.69, 9.17) is 0 Å². The fraction of sp³-hybridized carbons (Fsp3) is 0.923. The van der Waals surface area contributed by atoms with E-state index in [0.29, 0.717) is 6.42 Å². The number of hydrogen-bond acceptors (Lipinski definition) is 2. The number of ketones is 1. The van der Waals surface area contributed by atoms with E-state index in [1.165, 1.54) is 0 Å². The van der Waals surface area contributed by atoms with Crippen molar-refractivity contribution in [1.82, 2.24) is 0 Å². The van der Waals surface area contributed by atoms with Crippen LogP contribution in [0.1, 0.15) is 53.9 Å². The topological polar surface area (TPSA) is 37.3 Å². The molecular formula is C13H24F2O2. The summed E-state index contributed by atoms with van der Waals surface area (Å²) in [4.78, 5) is 11.5. The van der Waals surface area contributed by atoms with E-state index in [0.717, 1.165) is 0 Å². The lowest BCUT2D eigenvalue weighted by Crippen LogP contribution is -2.50. The van der Waals surface area contributed by atoms with Crippen LogP contribution in [0.3, 0.4) is 0 Å². The first-order chi connectivity index (χ1) is 7.70. The van der Waals surface area contributed by atoms with Crippen molar-refractivity contribution in [2.24, 2.45) is 11.3 Å². The monoisotopic (exact) mass is 250 g/mol. The molecule has 0 amide bonds. The van der Waals surface area contributed by atoms with Crippen LogP contribution in [0.4, 0.5) is 8.78 Å². The van der Waals surface area contributed by atoms with Gasteiger partial charge in [0.2, 0.25) is 5.92 Å². The lowest BCUT2D eigenvalue weighted by molar-refractivity contribution is -0.168. The Morgan fingerprint density at radius 1 is 1.41 bits per heavy atom. The maximum atomic E-state index is 12.6. The number of halogens is 2. The second kappa shape index (κ2) is 5.89. The molecule has 1 aliphatic rings. The molecule has 1 atom stereocenters. The Balaban J connectivity index is 0.00000121. The molecular weight excluding hydrogens is 226 g/mol. The van der Waals surface area contributed by atoms with Gasteiger partial charge in [-0.15, -0.1) is 0 Å². The van der Waals surface area contributed by atoms with E-state index in [1.807, 2.05) is 13.8 Å². The molecule has 0 aromatic heterocycles. The molecule has 1 rings (SSSR count). The molecule has 2 nitrogen and oxygen atoms in total. The molecule has 0 spiro atoms. The minimum atomic E-state index is -2.64. The van der Waals surface area contributed by atoms with Gasteiger partial charge < -0.3 is 5.11 Å². The van der Waals surface area contributed by atoms with Crippen LogP contribution < -0.4 is 0 Å². The fourth-order valence-corrected chi connectivity index (χ4v) is 2.14. The second-order valence-corrected chi connectivity index (χ2v) is 4.97. The molecule has 1 saturated carbocycles. The van der Waals surface area contributed by atoms with Crippen LogP contribution in [0, 0.1) is 11.3 Å². The van der Waals surface area contributed by atoms with Crippen molar-refractivity contribution in [2.75, 3.05) is 0 Å². The summed E-state index contributed by atoms with van der Waals surface area (Å²) in [5, 5.41) is 9.88. The minimum absolute atomic E-state index is 0.0785. The molecule has 102 valence electrons. The molecule has 0 saturated heterocycles. The third-order valence-corrected chi connectivity index (χ3v) is 3.35.